The van der Waals surface area contributed by atoms with Gasteiger partial charge in [0, 0.05) is 18.3 Å². The fourth-order valence-corrected chi connectivity index (χ4v) is 2.93. The fourth-order valence-electron chi connectivity index (χ4n) is 2.24. The van der Waals surface area contributed by atoms with E-state index in [9.17, 15) is 9.90 Å². The molecule has 5 nitrogen and oxygen atoms in total. The van der Waals surface area contributed by atoms with Gasteiger partial charge in [0.1, 0.15) is 11.3 Å². The molecule has 0 aliphatic rings. The van der Waals surface area contributed by atoms with Crippen LogP contribution in [0.15, 0.2) is 48.8 Å². The van der Waals surface area contributed by atoms with Gasteiger partial charge in [-0.3, -0.25) is 4.79 Å². The molecule has 0 saturated carbocycles. The molecule has 0 saturated heterocycles. The average molecular weight is 397 g/mol. The maximum atomic E-state index is 12.3. The second-order valence-corrected chi connectivity index (χ2v) is 6.38. The molecule has 128 valence electrons. The van der Waals surface area contributed by atoms with Gasteiger partial charge in [-0.25, -0.2) is 4.68 Å². The van der Waals surface area contributed by atoms with Crippen LogP contribution < -0.4 is 5.32 Å². The number of carbonyl (C=O) groups excluding carboxylic acids is 1. The number of phenolic OH excluding ortho intramolecular Hbond substituents is 1. The first-order valence-electron chi connectivity index (χ1n) is 7.21. The highest BCUT2D eigenvalue weighted by molar-refractivity contribution is 6.45. The van der Waals surface area contributed by atoms with Crippen molar-refractivity contribution < 1.29 is 9.90 Å². The van der Waals surface area contributed by atoms with Gasteiger partial charge in [0.2, 0.25) is 0 Å². The van der Waals surface area contributed by atoms with Crippen LogP contribution in [0.25, 0.3) is 5.69 Å². The molecule has 0 fully saturated rings. The molecule has 25 heavy (non-hydrogen) atoms. The Morgan fingerprint density at radius 3 is 2.60 bits per heavy atom. The van der Waals surface area contributed by atoms with Crippen LogP contribution in [0.2, 0.25) is 15.1 Å². The zero-order chi connectivity index (χ0) is 18.0. The van der Waals surface area contributed by atoms with E-state index in [1.807, 2.05) is 30.3 Å². The second kappa shape index (κ2) is 7.35. The molecule has 1 aromatic heterocycles. The molecule has 3 rings (SSSR count). The Balaban J connectivity index is 1.75. The van der Waals surface area contributed by atoms with Crippen LogP contribution in [0, 0.1) is 0 Å². The third kappa shape index (κ3) is 3.74. The molecule has 3 aromatic rings. The lowest BCUT2D eigenvalue weighted by atomic mass is 10.1. The van der Waals surface area contributed by atoms with E-state index >= 15 is 0 Å². The van der Waals surface area contributed by atoms with E-state index in [-0.39, 0.29) is 27.2 Å². The van der Waals surface area contributed by atoms with Gasteiger partial charge in [-0.2, -0.15) is 5.10 Å². The van der Waals surface area contributed by atoms with E-state index in [0.29, 0.717) is 0 Å². The molecular formula is C17H12Cl3N3O2. The summed E-state index contributed by atoms with van der Waals surface area (Å²) >= 11 is 17.7. The number of amides is 1. The summed E-state index contributed by atoms with van der Waals surface area (Å²) < 4.78 is 1.70. The average Bonchev–Trinajstić information content (AvgIpc) is 3.08. The SMILES string of the molecule is O=C(NCc1cnn(-c2ccccc2)c1)c1c(O)c(Cl)cc(Cl)c1Cl. The van der Waals surface area contributed by atoms with Crippen molar-refractivity contribution in [2.24, 2.45) is 0 Å². The minimum absolute atomic E-state index is 0.0450. The molecular weight excluding hydrogens is 385 g/mol. The van der Waals surface area contributed by atoms with Crippen LogP contribution in [0.3, 0.4) is 0 Å². The summed E-state index contributed by atoms with van der Waals surface area (Å²) in [6.45, 7) is 0.200. The summed E-state index contributed by atoms with van der Waals surface area (Å²) in [5.74, 6) is -0.993. The van der Waals surface area contributed by atoms with Gasteiger partial charge in [-0.15, -0.1) is 0 Å². The lowest BCUT2D eigenvalue weighted by molar-refractivity contribution is 0.0948. The maximum Gasteiger partial charge on any atom is 0.256 e. The highest BCUT2D eigenvalue weighted by Crippen LogP contribution is 2.38. The smallest absolute Gasteiger partial charge is 0.256 e. The van der Waals surface area contributed by atoms with Crippen molar-refractivity contribution in [3.05, 3.63) is 75.0 Å². The number of aromatic hydroxyl groups is 1. The molecule has 2 N–H and O–H groups in total. The Kier molecular flexibility index (Phi) is 5.18. The van der Waals surface area contributed by atoms with Crippen LogP contribution in [0.1, 0.15) is 15.9 Å². The van der Waals surface area contributed by atoms with Gasteiger partial charge in [0.25, 0.3) is 5.91 Å². The lowest BCUT2D eigenvalue weighted by Gasteiger charge is -2.10. The number of aromatic nitrogens is 2. The number of hydrogen-bond donors (Lipinski definition) is 2. The van der Waals surface area contributed by atoms with Gasteiger partial charge in [-0.05, 0) is 18.2 Å². The number of nitrogens with zero attached hydrogens (tertiary/aromatic N) is 2. The van der Waals surface area contributed by atoms with Gasteiger partial charge < -0.3 is 10.4 Å². The Hall–Kier alpha value is -2.21. The molecule has 0 unspecified atom stereocenters. The number of para-hydroxylation sites is 1. The summed E-state index contributed by atoms with van der Waals surface area (Å²) in [6.07, 6.45) is 3.43. The predicted molar refractivity (Wildman–Crippen MR) is 97.9 cm³/mol. The van der Waals surface area contributed by atoms with E-state index in [0.717, 1.165) is 11.3 Å². The van der Waals surface area contributed by atoms with E-state index in [2.05, 4.69) is 10.4 Å². The van der Waals surface area contributed by atoms with Crippen LogP contribution in [0.4, 0.5) is 0 Å². The normalized spacial score (nSPS) is 10.7. The number of halogens is 3. The van der Waals surface area contributed by atoms with Crippen LogP contribution >= 0.6 is 34.8 Å². The highest BCUT2D eigenvalue weighted by Gasteiger charge is 2.21. The molecule has 0 atom stereocenters. The summed E-state index contributed by atoms with van der Waals surface area (Å²) in [5, 5.41) is 16.9. The number of hydrogen-bond acceptors (Lipinski definition) is 3. The topological polar surface area (TPSA) is 67.2 Å². The first kappa shape index (κ1) is 17.6. The Bertz CT molecular complexity index is 900. The Labute approximate surface area is 158 Å². The summed E-state index contributed by atoms with van der Waals surface area (Å²) in [7, 11) is 0. The molecule has 2 aromatic carbocycles. The summed E-state index contributed by atoms with van der Waals surface area (Å²) in [5.41, 5.74) is 1.53. The van der Waals surface area contributed by atoms with Gasteiger partial charge in [-0.1, -0.05) is 53.0 Å². The van der Waals surface area contributed by atoms with Crippen molar-refractivity contribution in [1.82, 2.24) is 15.1 Å². The number of benzene rings is 2. The largest absolute Gasteiger partial charge is 0.505 e. The molecule has 0 aliphatic heterocycles. The predicted octanol–water partition coefficient (Wildman–Crippen LogP) is 4.47. The molecule has 0 bridgehead atoms. The van der Waals surface area contributed by atoms with Crippen molar-refractivity contribution in [2.75, 3.05) is 0 Å². The number of carbonyl (C=O) groups is 1. The molecule has 0 radical (unpaired) electrons. The number of phenols is 1. The first-order chi connectivity index (χ1) is 12.0. The highest BCUT2D eigenvalue weighted by atomic mass is 35.5. The Morgan fingerprint density at radius 1 is 1.16 bits per heavy atom. The first-order valence-corrected chi connectivity index (χ1v) is 8.34. The van der Waals surface area contributed by atoms with Crippen molar-refractivity contribution in [3.8, 4) is 11.4 Å². The summed E-state index contributed by atoms with van der Waals surface area (Å²) in [6, 6.07) is 10.8. The monoisotopic (exact) mass is 395 g/mol. The minimum atomic E-state index is -0.584. The molecule has 0 spiro atoms. The molecule has 8 heteroatoms. The Morgan fingerprint density at radius 2 is 1.88 bits per heavy atom. The van der Waals surface area contributed by atoms with Gasteiger partial charge in [0.15, 0.2) is 0 Å². The van der Waals surface area contributed by atoms with Crippen LogP contribution in [0.5, 0.6) is 5.75 Å². The van der Waals surface area contributed by atoms with E-state index in [1.54, 1.807) is 17.1 Å². The third-order valence-corrected chi connectivity index (χ3v) is 4.56. The zero-order valence-corrected chi connectivity index (χ0v) is 15.0. The maximum absolute atomic E-state index is 12.3. The van der Waals surface area contributed by atoms with E-state index in [4.69, 9.17) is 34.8 Å². The fraction of sp³-hybridized carbons (Fsp3) is 0.0588. The van der Waals surface area contributed by atoms with Crippen molar-refractivity contribution in [3.63, 3.8) is 0 Å². The van der Waals surface area contributed by atoms with Crippen molar-refractivity contribution in [1.29, 1.82) is 0 Å². The van der Waals surface area contributed by atoms with Crippen molar-refractivity contribution in [2.45, 2.75) is 6.54 Å². The third-order valence-electron chi connectivity index (χ3n) is 3.48. The number of rotatable bonds is 4. The molecule has 0 aliphatic carbocycles. The molecule has 1 amide bonds. The van der Waals surface area contributed by atoms with Gasteiger partial charge >= 0.3 is 0 Å². The van der Waals surface area contributed by atoms with Gasteiger partial charge in [0.05, 0.1) is 27.0 Å². The minimum Gasteiger partial charge on any atom is -0.505 e. The van der Waals surface area contributed by atoms with Crippen molar-refractivity contribution >= 4 is 40.7 Å². The van der Waals surface area contributed by atoms with E-state index in [1.165, 1.54) is 6.07 Å². The molecule has 1 heterocycles. The zero-order valence-electron chi connectivity index (χ0n) is 12.7. The summed E-state index contributed by atoms with van der Waals surface area (Å²) in [4.78, 5) is 12.3. The quantitative estimate of drug-likeness (QED) is 0.639. The van der Waals surface area contributed by atoms with Crippen LogP contribution in [-0.2, 0) is 6.54 Å². The standard InChI is InChI=1S/C17H12Cl3N3O2/c18-12-6-13(19)16(24)14(15(12)20)17(25)21-7-10-8-22-23(9-10)11-4-2-1-3-5-11/h1-6,8-9,24H,7H2,(H,21,25). The lowest BCUT2D eigenvalue weighted by Crippen LogP contribution is -2.23. The van der Waals surface area contributed by atoms with Crippen LogP contribution in [-0.4, -0.2) is 20.8 Å². The number of nitrogens with one attached hydrogen (secondary N) is 1. The second-order valence-electron chi connectivity index (χ2n) is 5.19. The van der Waals surface area contributed by atoms with E-state index < -0.39 is 11.7 Å².